The summed E-state index contributed by atoms with van der Waals surface area (Å²) in [5.41, 5.74) is 9.89. The number of fused-ring (bicyclic) bond motifs is 2. The SMILES string of the molecule is COc1ccc(C2=NC(C)NN2)c2[nH]cc(C(=O)C(=O)N3CCN(C(=O)c4ccccc4)CC3)c12.[C-]#[N+]c1ccc(OC)c2c(C(=O)C(=O)N3CCN(C(=O)c4ccccc4)CC3)c[nH]c12. The lowest BCUT2D eigenvalue weighted by Crippen LogP contribution is -2.52. The highest BCUT2D eigenvalue weighted by atomic mass is 16.5. The van der Waals surface area contributed by atoms with Crippen molar-refractivity contribution in [2.24, 2.45) is 4.99 Å². The van der Waals surface area contributed by atoms with Gasteiger partial charge in [0.15, 0.2) is 0 Å². The molecule has 0 spiro atoms. The summed E-state index contributed by atoms with van der Waals surface area (Å²) < 4.78 is 10.8. The van der Waals surface area contributed by atoms with Crippen molar-refractivity contribution >= 4 is 68.5 Å². The minimum Gasteiger partial charge on any atom is -0.496 e. The van der Waals surface area contributed by atoms with Crippen LogP contribution in [0.1, 0.15) is 53.9 Å². The fraction of sp³-hybridized carbons (Fsp3) is 0.250. The molecule has 18 heteroatoms. The highest BCUT2D eigenvalue weighted by Gasteiger charge is 2.33. The van der Waals surface area contributed by atoms with Crippen molar-refractivity contribution in [1.29, 1.82) is 0 Å². The third-order valence-electron chi connectivity index (χ3n) is 11.7. The second-order valence-corrected chi connectivity index (χ2v) is 15.6. The van der Waals surface area contributed by atoms with Gasteiger partial charge in [-0.25, -0.2) is 15.3 Å². The highest BCUT2D eigenvalue weighted by molar-refractivity contribution is 6.46. The second kappa shape index (κ2) is 19.2. The van der Waals surface area contributed by atoms with Gasteiger partial charge in [-0.05, 0) is 49.4 Å². The summed E-state index contributed by atoms with van der Waals surface area (Å²) in [6.45, 7) is 11.8. The molecule has 9 rings (SSSR count). The van der Waals surface area contributed by atoms with E-state index < -0.39 is 23.4 Å². The van der Waals surface area contributed by atoms with Gasteiger partial charge in [0.2, 0.25) is 5.69 Å². The van der Waals surface area contributed by atoms with Crippen LogP contribution in [0.2, 0.25) is 0 Å². The van der Waals surface area contributed by atoms with Crippen molar-refractivity contribution in [2.75, 3.05) is 66.6 Å². The summed E-state index contributed by atoms with van der Waals surface area (Å²) in [5, 5.41) is 0.956. The Morgan fingerprint density at radius 1 is 0.606 bits per heavy atom. The maximum Gasteiger partial charge on any atom is 0.295 e. The van der Waals surface area contributed by atoms with E-state index in [0.29, 0.717) is 82.1 Å². The van der Waals surface area contributed by atoms with E-state index in [1.54, 1.807) is 70.6 Å². The smallest absolute Gasteiger partial charge is 0.295 e. The van der Waals surface area contributed by atoms with Crippen LogP contribution in [0.3, 0.4) is 0 Å². The predicted octanol–water partition coefficient (Wildman–Crippen LogP) is 4.44. The van der Waals surface area contributed by atoms with Gasteiger partial charge < -0.3 is 44.5 Å². The largest absolute Gasteiger partial charge is 0.496 e. The number of aliphatic imine (C=N–C) groups is 1. The molecule has 1 atom stereocenters. The number of hydrogen-bond acceptors (Lipinski definition) is 11. The quantitative estimate of drug-likeness (QED) is 0.0913. The molecule has 0 bridgehead atoms. The summed E-state index contributed by atoms with van der Waals surface area (Å²) in [6.07, 6.45) is 2.89. The number of carbonyl (C=O) groups excluding carboxylic acids is 6. The van der Waals surface area contributed by atoms with Crippen LogP contribution in [-0.4, -0.2) is 143 Å². The van der Waals surface area contributed by atoms with Crippen LogP contribution in [0, 0.1) is 6.57 Å². The number of ether oxygens (including phenoxy) is 2. The topological polar surface area (TPSA) is 206 Å². The number of aromatic amines is 2. The molecule has 0 radical (unpaired) electrons. The van der Waals surface area contributed by atoms with Crippen molar-refractivity contribution in [3.63, 3.8) is 0 Å². The van der Waals surface area contributed by atoms with Gasteiger partial charge in [0.05, 0.1) is 48.3 Å². The first-order valence-electron chi connectivity index (χ1n) is 21.2. The van der Waals surface area contributed by atoms with E-state index in [2.05, 4.69) is 30.7 Å². The van der Waals surface area contributed by atoms with Gasteiger partial charge in [0, 0.05) is 86.8 Å². The number of carbonyl (C=O) groups is 6. The third kappa shape index (κ3) is 8.66. The molecule has 66 heavy (non-hydrogen) atoms. The minimum atomic E-state index is -0.672. The Balaban J connectivity index is 0.000000181. The molecule has 5 heterocycles. The number of aromatic nitrogens is 2. The molecule has 2 aromatic heterocycles. The van der Waals surface area contributed by atoms with E-state index >= 15 is 0 Å². The lowest BCUT2D eigenvalue weighted by molar-refractivity contribution is -0.128. The number of nitrogens with one attached hydrogen (secondary N) is 4. The predicted molar refractivity (Wildman–Crippen MR) is 245 cm³/mol. The maximum atomic E-state index is 13.3. The minimum absolute atomic E-state index is 0.0786. The number of rotatable bonds is 9. The Labute approximate surface area is 378 Å². The number of amidine groups is 1. The van der Waals surface area contributed by atoms with E-state index in [1.807, 2.05) is 37.3 Å². The molecule has 6 aromatic rings. The number of hydrazine groups is 1. The summed E-state index contributed by atoms with van der Waals surface area (Å²) in [5.74, 6) is -1.16. The number of Topliss-reactive ketones (excluding diaryl/α,β-unsaturated/α-hetero) is 2. The summed E-state index contributed by atoms with van der Waals surface area (Å²) >= 11 is 0. The van der Waals surface area contributed by atoms with Crippen molar-refractivity contribution < 1.29 is 38.2 Å². The number of hydrogen-bond donors (Lipinski definition) is 4. The number of amides is 4. The van der Waals surface area contributed by atoms with Crippen LogP contribution < -0.4 is 20.3 Å². The van der Waals surface area contributed by atoms with E-state index in [-0.39, 0.29) is 55.3 Å². The van der Waals surface area contributed by atoms with E-state index in [0.717, 1.165) is 5.56 Å². The Bertz CT molecular complexity index is 2920. The van der Waals surface area contributed by atoms with Crippen LogP contribution >= 0.6 is 0 Å². The van der Waals surface area contributed by atoms with Gasteiger partial charge in [0.1, 0.15) is 23.5 Å². The molecule has 336 valence electrons. The molecule has 3 aliphatic heterocycles. The van der Waals surface area contributed by atoms with Crippen LogP contribution in [0.15, 0.2) is 102 Å². The molecule has 2 saturated heterocycles. The van der Waals surface area contributed by atoms with Gasteiger partial charge in [0.25, 0.3) is 35.2 Å². The van der Waals surface area contributed by atoms with Gasteiger partial charge in [-0.15, -0.1) is 0 Å². The summed E-state index contributed by atoms with van der Waals surface area (Å²) in [6, 6.07) is 24.8. The highest BCUT2D eigenvalue weighted by Crippen LogP contribution is 2.36. The lowest BCUT2D eigenvalue weighted by Gasteiger charge is -2.34. The van der Waals surface area contributed by atoms with Crippen molar-refractivity contribution in [3.05, 3.63) is 137 Å². The zero-order valence-electron chi connectivity index (χ0n) is 36.4. The molecule has 4 amide bonds. The van der Waals surface area contributed by atoms with Gasteiger partial charge >= 0.3 is 0 Å². The zero-order chi connectivity index (χ0) is 46.5. The van der Waals surface area contributed by atoms with Crippen molar-refractivity contribution in [1.82, 2.24) is 40.4 Å². The molecular weight excluding hydrogens is 845 g/mol. The number of piperazine rings is 2. The fourth-order valence-electron chi connectivity index (χ4n) is 8.25. The Morgan fingerprint density at radius 2 is 1.05 bits per heavy atom. The number of H-pyrrole nitrogens is 2. The average molecular weight is 891 g/mol. The maximum absolute atomic E-state index is 13.3. The standard InChI is InChI=1S/C25H26N6O4.C23H20N4O4/c1-15-27-23(29-28-15)17-8-9-19(35-2)20-18(14-26-21(17)20)22(32)25(34)31-12-10-30(11-13-31)24(33)16-6-4-3-5-7-16;1-24-17-8-9-18(31-2)19-16(14-25-20(17)19)21(28)23(30)27-12-10-26(11-13-27)22(29)15-6-4-3-5-7-15/h3-9,14-15,26,28H,10-13H2,1-2H3,(H,27,29);3-9,14,25H,10-13H2,2H3. The van der Waals surface area contributed by atoms with Crippen LogP contribution in [-0.2, 0) is 9.59 Å². The van der Waals surface area contributed by atoms with Gasteiger partial charge in [-0.2, -0.15) is 0 Å². The summed E-state index contributed by atoms with van der Waals surface area (Å²) in [4.78, 5) is 98.0. The van der Waals surface area contributed by atoms with E-state index in [4.69, 9.17) is 16.0 Å². The molecule has 1 unspecified atom stereocenters. The average Bonchev–Trinajstić information content (AvgIpc) is 4.15. The normalized spacial score (nSPS) is 15.8. The first kappa shape index (κ1) is 44.3. The van der Waals surface area contributed by atoms with Crippen LogP contribution in [0.25, 0.3) is 26.7 Å². The zero-order valence-corrected chi connectivity index (χ0v) is 36.4. The van der Waals surface area contributed by atoms with Gasteiger partial charge in [-0.1, -0.05) is 42.5 Å². The monoisotopic (exact) mass is 890 g/mol. The number of ketones is 2. The van der Waals surface area contributed by atoms with Crippen LogP contribution in [0.4, 0.5) is 5.69 Å². The second-order valence-electron chi connectivity index (χ2n) is 15.6. The van der Waals surface area contributed by atoms with E-state index in [9.17, 15) is 28.8 Å². The van der Waals surface area contributed by atoms with Crippen LogP contribution in [0.5, 0.6) is 11.5 Å². The van der Waals surface area contributed by atoms with Gasteiger partial charge in [-0.3, -0.25) is 28.8 Å². The molecule has 18 nitrogen and oxygen atoms in total. The molecule has 0 saturated carbocycles. The van der Waals surface area contributed by atoms with Crippen molar-refractivity contribution in [3.8, 4) is 11.5 Å². The molecule has 4 N–H and O–H groups in total. The van der Waals surface area contributed by atoms with E-state index in [1.165, 1.54) is 30.2 Å². The molecular formula is C48H46N10O8. The first-order chi connectivity index (χ1) is 32.0. The summed E-state index contributed by atoms with van der Waals surface area (Å²) in [7, 11) is 2.99. The fourth-order valence-corrected chi connectivity index (χ4v) is 8.25. The molecule has 0 aliphatic carbocycles. The number of nitrogens with zero attached hydrogens (tertiary/aromatic N) is 6. The third-order valence-corrected chi connectivity index (χ3v) is 11.7. The number of benzene rings is 4. The molecule has 4 aromatic carbocycles. The molecule has 2 fully saturated rings. The first-order valence-corrected chi connectivity index (χ1v) is 21.2. The van der Waals surface area contributed by atoms with Crippen molar-refractivity contribution in [2.45, 2.75) is 13.1 Å². The number of methoxy groups -OCH3 is 2. The lowest BCUT2D eigenvalue weighted by atomic mass is 10.0. The Kier molecular flexibility index (Phi) is 12.9. The molecule has 3 aliphatic rings. The Hall–Kier alpha value is -8.30. The Morgan fingerprint density at radius 3 is 1.48 bits per heavy atom.